The average molecular weight is 295 g/mol. The van der Waals surface area contributed by atoms with Crippen LogP contribution in [-0.4, -0.2) is 5.78 Å². The molecule has 0 heterocycles. The Kier molecular flexibility index (Phi) is 2.97. The van der Waals surface area contributed by atoms with E-state index in [2.05, 4.69) is 61.8 Å². The molecule has 0 atom stereocenters. The molecule has 0 fully saturated rings. The van der Waals surface area contributed by atoms with Gasteiger partial charge in [-0.05, 0) is 34.1 Å². The van der Waals surface area contributed by atoms with E-state index in [-0.39, 0.29) is 10.8 Å². The average Bonchev–Trinajstić information content (AvgIpc) is 2.19. The summed E-state index contributed by atoms with van der Waals surface area (Å²) in [5.41, 5.74) is 2.50. The maximum atomic E-state index is 12.1. The van der Waals surface area contributed by atoms with Crippen LogP contribution in [0.1, 0.15) is 51.7 Å². The van der Waals surface area contributed by atoms with Crippen LogP contribution >= 0.6 is 15.9 Å². The van der Waals surface area contributed by atoms with Crippen molar-refractivity contribution in [2.45, 2.75) is 51.4 Å². The van der Waals surface area contributed by atoms with Crippen LogP contribution in [0, 0.1) is 0 Å². The van der Waals surface area contributed by atoms with E-state index in [1.807, 2.05) is 0 Å². The molecule has 0 spiro atoms. The van der Waals surface area contributed by atoms with Crippen molar-refractivity contribution in [1.82, 2.24) is 0 Å². The number of ketones is 1. The molecule has 0 N–H and O–H groups in total. The monoisotopic (exact) mass is 294 g/mol. The van der Waals surface area contributed by atoms with Gasteiger partial charge in [0.25, 0.3) is 0 Å². The van der Waals surface area contributed by atoms with Crippen molar-refractivity contribution in [3.63, 3.8) is 0 Å². The Morgan fingerprint density at radius 1 is 1.00 bits per heavy atom. The number of carbonyl (C=O) groups excluding carboxylic acids is 1. The number of halogens is 1. The summed E-state index contributed by atoms with van der Waals surface area (Å²) in [6, 6.07) is 6.42. The van der Waals surface area contributed by atoms with E-state index >= 15 is 0 Å². The lowest BCUT2D eigenvalue weighted by atomic mass is 9.75. The Morgan fingerprint density at radius 2 is 1.53 bits per heavy atom. The third-order valence-corrected chi connectivity index (χ3v) is 4.21. The SMILES string of the molecule is CC1(C)CC(=O)CC(C)(C)c2cc(Br)ccc21. The van der Waals surface area contributed by atoms with Crippen molar-refractivity contribution in [3.8, 4) is 0 Å². The summed E-state index contributed by atoms with van der Waals surface area (Å²) in [4.78, 5) is 12.1. The van der Waals surface area contributed by atoms with Gasteiger partial charge in [0.15, 0.2) is 0 Å². The summed E-state index contributed by atoms with van der Waals surface area (Å²) in [5.74, 6) is 0.368. The third-order valence-electron chi connectivity index (χ3n) is 3.72. The molecule has 1 aromatic rings. The molecule has 0 aliphatic heterocycles. The first-order chi connectivity index (χ1) is 7.72. The molecule has 1 aromatic carbocycles. The molecule has 17 heavy (non-hydrogen) atoms. The lowest BCUT2D eigenvalue weighted by Gasteiger charge is -2.29. The van der Waals surface area contributed by atoms with E-state index in [0.29, 0.717) is 18.6 Å². The summed E-state index contributed by atoms with van der Waals surface area (Å²) in [6.07, 6.45) is 1.28. The van der Waals surface area contributed by atoms with Crippen LogP contribution in [0.25, 0.3) is 0 Å². The van der Waals surface area contributed by atoms with Crippen molar-refractivity contribution in [2.75, 3.05) is 0 Å². The van der Waals surface area contributed by atoms with Gasteiger partial charge in [0.05, 0.1) is 0 Å². The van der Waals surface area contributed by atoms with Gasteiger partial charge in [-0.3, -0.25) is 4.79 Å². The first-order valence-corrected chi connectivity index (χ1v) is 6.84. The van der Waals surface area contributed by atoms with Gasteiger partial charge in [-0.25, -0.2) is 0 Å². The zero-order valence-electron chi connectivity index (χ0n) is 10.9. The molecule has 0 amide bonds. The molecule has 0 radical (unpaired) electrons. The van der Waals surface area contributed by atoms with Crippen molar-refractivity contribution < 1.29 is 4.79 Å². The standard InChI is InChI=1S/C15H19BrO/c1-14(2)8-11(17)9-15(3,4)13-7-10(16)5-6-12(13)14/h5-7H,8-9H2,1-4H3. The van der Waals surface area contributed by atoms with Crippen LogP contribution in [0.15, 0.2) is 22.7 Å². The fraction of sp³-hybridized carbons (Fsp3) is 0.533. The van der Waals surface area contributed by atoms with E-state index in [1.165, 1.54) is 11.1 Å². The maximum absolute atomic E-state index is 12.1. The molecule has 1 aliphatic carbocycles. The molecule has 1 aliphatic rings. The number of rotatable bonds is 0. The zero-order chi connectivity index (χ0) is 12.8. The summed E-state index contributed by atoms with van der Waals surface area (Å²) >= 11 is 3.54. The molecular weight excluding hydrogens is 276 g/mol. The molecular formula is C15H19BrO. The van der Waals surface area contributed by atoms with Gasteiger partial charge in [0, 0.05) is 17.3 Å². The van der Waals surface area contributed by atoms with Crippen molar-refractivity contribution in [2.24, 2.45) is 0 Å². The molecule has 1 nitrogen and oxygen atoms in total. The second-order valence-corrected chi connectivity index (χ2v) is 7.27. The summed E-state index contributed by atoms with van der Waals surface area (Å²) in [6.45, 7) is 8.66. The topological polar surface area (TPSA) is 17.1 Å². The molecule has 0 saturated carbocycles. The second-order valence-electron chi connectivity index (χ2n) is 6.35. The maximum Gasteiger partial charge on any atom is 0.134 e. The second kappa shape index (κ2) is 3.94. The number of Topliss-reactive ketones (excluding diaryl/α,β-unsaturated/α-hetero) is 1. The minimum absolute atomic E-state index is 0.0547. The van der Waals surface area contributed by atoms with Gasteiger partial charge in [-0.2, -0.15) is 0 Å². The van der Waals surface area contributed by atoms with Crippen LogP contribution < -0.4 is 0 Å². The van der Waals surface area contributed by atoms with Gasteiger partial charge in [-0.15, -0.1) is 0 Å². The van der Waals surface area contributed by atoms with Crippen LogP contribution in [0.3, 0.4) is 0 Å². The number of benzene rings is 1. The fourth-order valence-corrected chi connectivity index (χ4v) is 3.27. The summed E-state index contributed by atoms with van der Waals surface area (Å²) < 4.78 is 1.09. The first-order valence-electron chi connectivity index (χ1n) is 6.05. The van der Waals surface area contributed by atoms with E-state index in [9.17, 15) is 4.79 Å². The third kappa shape index (κ3) is 2.33. The predicted molar refractivity (Wildman–Crippen MR) is 74.4 cm³/mol. The predicted octanol–water partition coefficient (Wildman–Crippen LogP) is 4.37. The number of fused-ring (bicyclic) bond motifs is 1. The zero-order valence-corrected chi connectivity index (χ0v) is 12.5. The smallest absolute Gasteiger partial charge is 0.134 e. The lowest BCUT2D eigenvalue weighted by molar-refractivity contribution is -0.120. The Morgan fingerprint density at radius 3 is 2.12 bits per heavy atom. The Hall–Kier alpha value is -0.630. The minimum atomic E-state index is -0.0655. The molecule has 92 valence electrons. The lowest BCUT2D eigenvalue weighted by Crippen LogP contribution is -2.21. The fourth-order valence-electron chi connectivity index (χ4n) is 2.91. The van der Waals surface area contributed by atoms with Crippen LogP contribution in [-0.2, 0) is 15.6 Å². The van der Waals surface area contributed by atoms with Gasteiger partial charge in [0.1, 0.15) is 5.78 Å². The van der Waals surface area contributed by atoms with Crippen LogP contribution in [0.2, 0.25) is 0 Å². The van der Waals surface area contributed by atoms with Crippen LogP contribution in [0.5, 0.6) is 0 Å². The van der Waals surface area contributed by atoms with E-state index < -0.39 is 0 Å². The highest BCUT2D eigenvalue weighted by atomic mass is 79.9. The quantitative estimate of drug-likeness (QED) is 0.650. The van der Waals surface area contributed by atoms with E-state index in [0.717, 1.165) is 4.47 Å². The molecule has 0 bridgehead atoms. The molecule has 0 saturated heterocycles. The van der Waals surface area contributed by atoms with Crippen molar-refractivity contribution in [1.29, 1.82) is 0 Å². The normalized spacial score (nSPS) is 21.8. The number of hydrogen-bond acceptors (Lipinski definition) is 1. The number of carbonyl (C=O) groups is 1. The van der Waals surface area contributed by atoms with E-state index in [1.54, 1.807) is 0 Å². The minimum Gasteiger partial charge on any atom is -0.300 e. The van der Waals surface area contributed by atoms with Gasteiger partial charge < -0.3 is 0 Å². The summed E-state index contributed by atoms with van der Waals surface area (Å²) in [5, 5.41) is 0. The van der Waals surface area contributed by atoms with Crippen LogP contribution in [0.4, 0.5) is 0 Å². The van der Waals surface area contributed by atoms with Crippen molar-refractivity contribution in [3.05, 3.63) is 33.8 Å². The first kappa shape index (κ1) is 12.8. The Balaban J connectivity index is 2.69. The highest BCUT2D eigenvalue weighted by Crippen LogP contribution is 2.43. The van der Waals surface area contributed by atoms with Gasteiger partial charge in [0.2, 0.25) is 0 Å². The molecule has 0 unspecified atom stereocenters. The molecule has 0 aromatic heterocycles. The highest BCUT2D eigenvalue weighted by Gasteiger charge is 2.37. The van der Waals surface area contributed by atoms with Crippen molar-refractivity contribution >= 4 is 21.7 Å². The molecule has 2 rings (SSSR count). The van der Waals surface area contributed by atoms with Gasteiger partial charge in [-0.1, -0.05) is 49.7 Å². The van der Waals surface area contributed by atoms with E-state index in [4.69, 9.17) is 0 Å². The largest absolute Gasteiger partial charge is 0.300 e. The number of hydrogen-bond donors (Lipinski definition) is 0. The summed E-state index contributed by atoms with van der Waals surface area (Å²) in [7, 11) is 0. The Labute approximate surface area is 112 Å². The molecule has 2 heteroatoms. The Bertz CT molecular complexity index is 472. The highest BCUT2D eigenvalue weighted by molar-refractivity contribution is 9.10. The van der Waals surface area contributed by atoms with Gasteiger partial charge >= 0.3 is 0 Å².